The van der Waals surface area contributed by atoms with E-state index in [0.29, 0.717) is 23.9 Å². The lowest BCUT2D eigenvalue weighted by atomic mass is 10.1. The summed E-state index contributed by atoms with van der Waals surface area (Å²) < 4.78 is 30.2. The fourth-order valence-corrected chi connectivity index (χ4v) is 8.56. The number of amides is 1. The first-order chi connectivity index (χ1) is 34.4. The number of hydrogen-bond donors (Lipinski definition) is 1. The number of ether oxygens (including phenoxy) is 1. The maximum atomic E-state index is 13.5. The van der Waals surface area contributed by atoms with Gasteiger partial charge in [0.05, 0.1) is 33.8 Å². The number of nitrogens with one attached hydrogen (secondary N) is 1. The van der Waals surface area contributed by atoms with Crippen molar-refractivity contribution in [2.45, 2.75) is 251 Å². The third-order valence-corrected chi connectivity index (χ3v) is 13.3. The minimum Gasteiger partial charge on any atom is -0.756 e. The van der Waals surface area contributed by atoms with E-state index in [9.17, 15) is 19.0 Å². The van der Waals surface area contributed by atoms with Crippen molar-refractivity contribution in [2.24, 2.45) is 0 Å². The molecule has 0 saturated heterocycles. The van der Waals surface area contributed by atoms with Gasteiger partial charge in [0.25, 0.3) is 7.82 Å². The van der Waals surface area contributed by atoms with Crippen LogP contribution >= 0.6 is 7.82 Å². The van der Waals surface area contributed by atoms with Crippen LogP contribution in [0.5, 0.6) is 0 Å². The van der Waals surface area contributed by atoms with Crippen LogP contribution in [0.15, 0.2) is 85.1 Å². The Balaban J connectivity index is 5.37. The average molecular weight is 1010 g/mol. The van der Waals surface area contributed by atoms with Crippen molar-refractivity contribution >= 4 is 19.7 Å². The predicted molar refractivity (Wildman–Crippen MR) is 302 cm³/mol. The molecule has 0 aliphatic carbocycles. The first-order valence-corrected chi connectivity index (χ1v) is 30.4. The van der Waals surface area contributed by atoms with Gasteiger partial charge in [0.1, 0.15) is 19.3 Å². The van der Waals surface area contributed by atoms with E-state index in [0.717, 1.165) is 103 Å². The number of allylic oxidation sites excluding steroid dienone is 13. The highest BCUT2D eigenvalue weighted by Gasteiger charge is 2.27. The molecule has 0 saturated carbocycles. The Morgan fingerprint density at radius 3 is 1.39 bits per heavy atom. The molecular formula is C61H109N2O7P. The number of nitrogens with zero attached hydrogens (tertiary/aromatic N) is 1. The number of carbonyl (C=O) groups is 2. The molecule has 0 spiro atoms. The van der Waals surface area contributed by atoms with Crippen molar-refractivity contribution in [3.63, 3.8) is 0 Å². The Bertz CT molecular complexity index is 1490. The Hall–Kier alpha value is -2.81. The monoisotopic (exact) mass is 1010 g/mol. The summed E-state index contributed by atoms with van der Waals surface area (Å²) in [5.74, 6) is -0.588. The molecule has 9 nitrogen and oxygen atoms in total. The number of carbonyl (C=O) groups excluding carboxylic acids is 2. The minimum absolute atomic E-state index is 0.0321. The number of esters is 1. The quantitative estimate of drug-likeness (QED) is 0.0212. The molecule has 1 N–H and O–H groups in total. The van der Waals surface area contributed by atoms with Gasteiger partial charge in [0, 0.05) is 12.8 Å². The molecule has 410 valence electrons. The van der Waals surface area contributed by atoms with Crippen LogP contribution in [0.2, 0.25) is 0 Å². The van der Waals surface area contributed by atoms with Gasteiger partial charge >= 0.3 is 5.97 Å². The molecule has 1 amide bonds. The summed E-state index contributed by atoms with van der Waals surface area (Å²) in [6, 6.07) is -0.907. The average Bonchev–Trinajstić information content (AvgIpc) is 3.33. The number of quaternary nitrogens is 1. The number of phosphoric ester groups is 1. The zero-order valence-corrected chi connectivity index (χ0v) is 47.5. The number of phosphoric acid groups is 1. The summed E-state index contributed by atoms with van der Waals surface area (Å²) >= 11 is 0. The SMILES string of the molecule is CC/C=C\C/C=C\C/C=C\C/C=C\C/C=C\CCCCCC(=O)OC(/C=C/CCCCCCCCCCC)C(COP(=O)([O-])OCC[N+](C)(C)C)NC(=O)CCCCCCCCC/C=C\CCCCCC. The zero-order valence-electron chi connectivity index (χ0n) is 46.7. The van der Waals surface area contributed by atoms with Crippen molar-refractivity contribution in [1.82, 2.24) is 5.32 Å². The van der Waals surface area contributed by atoms with Crippen molar-refractivity contribution < 1.29 is 37.3 Å². The van der Waals surface area contributed by atoms with Crippen LogP contribution in [0.3, 0.4) is 0 Å². The van der Waals surface area contributed by atoms with Crippen LogP contribution in [-0.2, 0) is 27.9 Å². The summed E-state index contributed by atoms with van der Waals surface area (Å²) in [5.41, 5.74) is 0. The molecule has 3 atom stereocenters. The van der Waals surface area contributed by atoms with E-state index in [1.54, 1.807) is 0 Å². The van der Waals surface area contributed by atoms with Crippen LogP contribution in [0.1, 0.15) is 239 Å². The van der Waals surface area contributed by atoms with E-state index in [-0.39, 0.29) is 24.9 Å². The first-order valence-electron chi connectivity index (χ1n) is 28.9. The van der Waals surface area contributed by atoms with Gasteiger partial charge in [-0.1, -0.05) is 209 Å². The van der Waals surface area contributed by atoms with Gasteiger partial charge in [-0.3, -0.25) is 14.2 Å². The molecule has 3 unspecified atom stereocenters. The van der Waals surface area contributed by atoms with Crippen LogP contribution in [0, 0.1) is 0 Å². The number of hydrogen-bond acceptors (Lipinski definition) is 7. The lowest BCUT2D eigenvalue weighted by Gasteiger charge is -2.30. The highest BCUT2D eigenvalue weighted by atomic mass is 31.2. The van der Waals surface area contributed by atoms with Crippen LogP contribution in [0.4, 0.5) is 0 Å². The predicted octanol–water partition coefficient (Wildman–Crippen LogP) is 16.8. The number of likely N-dealkylation sites (N-methyl/N-ethyl adjacent to an activating group) is 1. The van der Waals surface area contributed by atoms with Gasteiger partial charge in [0.2, 0.25) is 5.91 Å². The second-order valence-corrected chi connectivity index (χ2v) is 21.8. The van der Waals surface area contributed by atoms with E-state index in [4.69, 9.17) is 13.8 Å². The van der Waals surface area contributed by atoms with Crippen LogP contribution in [0.25, 0.3) is 0 Å². The second kappa shape index (κ2) is 50.7. The van der Waals surface area contributed by atoms with E-state index >= 15 is 0 Å². The molecule has 0 aliphatic rings. The Kier molecular flexibility index (Phi) is 48.7. The third-order valence-electron chi connectivity index (χ3n) is 12.3. The zero-order chi connectivity index (χ0) is 52.2. The van der Waals surface area contributed by atoms with Crippen molar-refractivity contribution in [3.05, 3.63) is 85.1 Å². The van der Waals surface area contributed by atoms with Gasteiger partial charge in [-0.15, -0.1) is 0 Å². The fourth-order valence-electron chi connectivity index (χ4n) is 7.84. The molecule has 0 aromatic carbocycles. The van der Waals surface area contributed by atoms with E-state index in [2.05, 4.69) is 99.0 Å². The second-order valence-electron chi connectivity index (χ2n) is 20.4. The summed E-state index contributed by atoms with van der Waals surface area (Å²) in [5, 5.41) is 3.01. The highest BCUT2D eigenvalue weighted by molar-refractivity contribution is 7.45. The van der Waals surface area contributed by atoms with Gasteiger partial charge < -0.3 is 28.5 Å². The molecule has 0 radical (unpaired) electrons. The molecule has 0 bridgehead atoms. The van der Waals surface area contributed by atoms with Crippen LogP contribution in [-0.4, -0.2) is 69.4 Å². The lowest BCUT2D eigenvalue weighted by molar-refractivity contribution is -0.870. The molecule has 0 aromatic rings. The Morgan fingerprint density at radius 2 is 0.901 bits per heavy atom. The maximum Gasteiger partial charge on any atom is 0.306 e. The van der Waals surface area contributed by atoms with E-state index < -0.39 is 26.6 Å². The van der Waals surface area contributed by atoms with Gasteiger partial charge in [-0.25, -0.2) is 0 Å². The molecule has 0 aromatic heterocycles. The molecular weight excluding hydrogens is 904 g/mol. The highest BCUT2D eigenvalue weighted by Crippen LogP contribution is 2.38. The summed E-state index contributed by atoms with van der Waals surface area (Å²) in [6.45, 7) is 6.67. The van der Waals surface area contributed by atoms with Gasteiger partial charge in [-0.2, -0.15) is 0 Å². The number of rotatable bonds is 51. The van der Waals surface area contributed by atoms with Crippen LogP contribution < -0.4 is 10.2 Å². The number of unbranched alkanes of at least 4 members (excludes halogenated alkanes) is 23. The van der Waals surface area contributed by atoms with Gasteiger partial charge in [-0.05, 0) is 102 Å². The molecule has 10 heteroatoms. The molecule has 0 fully saturated rings. The normalized spacial score (nSPS) is 14.4. The van der Waals surface area contributed by atoms with Gasteiger partial charge in [0.15, 0.2) is 0 Å². The summed E-state index contributed by atoms with van der Waals surface area (Å²) in [7, 11) is 1.15. The first kappa shape index (κ1) is 68.2. The van der Waals surface area contributed by atoms with E-state index in [1.165, 1.54) is 96.3 Å². The summed E-state index contributed by atoms with van der Waals surface area (Å²) in [6.07, 6.45) is 65.4. The Labute approximate surface area is 437 Å². The molecule has 71 heavy (non-hydrogen) atoms. The van der Waals surface area contributed by atoms with E-state index in [1.807, 2.05) is 33.3 Å². The Morgan fingerprint density at radius 1 is 0.507 bits per heavy atom. The lowest BCUT2D eigenvalue weighted by Crippen LogP contribution is -2.47. The maximum absolute atomic E-state index is 13.5. The topological polar surface area (TPSA) is 114 Å². The minimum atomic E-state index is -4.71. The summed E-state index contributed by atoms with van der Waals surface area (Å²) in [4.78, 5) is 39.8. The van der Waals surface area contributed by atoms with Crippen molar-refractivity contribution in [2.75, 3.05) is 40.9 Å². The molecule has 0 aliphatic heterocycles. The van der Waals surface area contributed by atoms with Crippen molar-refractivity contribution in [3.8, 4) is 0 Å². The molecule has 0 heterocycles. The fraction of sp³-hybridized carbons (Fsp3) is 0.738. The smallest absolute Gasteiger partial charge is 0.306 e. The largest absolute Gasteiger partial charge is 0.756 e. The van der Waals surface area contributed by atoms with Crippen molar-refractivity contribution in [1.29, 1.82) is 0 Å². The standard InChI is InChI=1S/C61H109N2O7P/c1-7-10-13-16-19-22-25-27-29-30-31-32-34-36-39-42-45-48-51-54-61(65)70-59(52-49-46-43-40-37-24-21-18-15-12-9-3)58(57-69-71(66,67)68-56-55-63(4,5)6)62-60(64)53-50-47-44-41-38-35-33-28-26-23-20-17-14-11-8-2/h10,13,19,22-23,26-27,29,31-32,36,39,49,52,58-59H,7-9,11-12,14-18,20-21,24-25,28,30,33-35,37-38,40-48,50-51,53-57H2,1-6H3,(H-,62,64,66,67)/b13-10-,22-19-,26-23-,29-27-,32-31-,39-36-,52-49+. The molecule has 0 rings (SSSR count). The third kappa shape index (κ3) is 51.9.